The standard InChI is InChI=1S/C16H21N3O3S3/c1-19(12-4-8-25(21,22)11-12)10-15(20)18-14(16-17-5-7-24-16)9-13-3-2-6-23-13/h2-3,5-7,12,14H,4,8-11H2,1H3,(H,18,20). The summed E-state index contributed by atoms with van der Waals surface area (Å²) in [6.45, 7) is 0.187. The van der Waals surface area contributed by atoms with Gasteiger partial charge in [0.05, 0.1) is 24.1 Å². The summed E-state index contributed by atoms with van der Waals surface area (Å²) in [4.78, 5) is 19.9. The lowest BCUT2D eigenvalue weighted by Crippen LogP contribution is -2.42. The third-order valence-corrected chi connectivity index (χ3v) is 7.83. The zero-order valence-corrected chi connectivity index (χ0v) is 16.4. The van der Waals surface area contributed by atoms with Gasteiger partial charge in [0.25, 0.3) is 0 Å². The van der Waals surface area contributed by atoms with Gasteiger partial charge in [0.15, 0.2) is 9.84 Å². The molecule has 2 aromatic heterocycles. The lowest BCUT2D eigenvalue weighted by Gasteiger charge is -2.24. The number of thiazole rings is 1. The summed E-state index contributed by atoms with van der Waals surface area (Å²) in [7, 11) is -1.14. The van der Waals surface area contributed by atoms with Crippen LogP contribution in [0.5, 0.6) is 0 Å². The van der Waals surface area contributed by atoms with Crippen LogP contribution in [0.4, 0.5) is 0 Å². The van der Waals surface area contributed by atoms with Gasteiger partial charge in [-0.3, -0.25) is 9.69 Å². The molecule has 1 saturated heterocycles. The zero-order chi connectivity index (χ0) is 17.9. The Balaban J connectivity index is 1.60. The van der Waals surface area contributed by atoms with Crippen molar-refractivity contribution >= 4 is 38.4 Å². The molecule has 0 radical (unpaired) electrons. The van der Waals surface area contributed by atoms with Gasteiger partial charge in [0.1, 0.15) is 5.01 Å². The highest BCUT2D eigenvalue weighted by atomic mass is 32.2. The number of nitrogens with one attached hydrogen (secondary N) is 1. The van der Waals surface area contributed by atoms with E-state index in [1.165, 1.54) is 16.2 Å². The Morgan fingerprint density at radius 3 is 2.88 bits per heavy atom. The molecule has 1 aliphatic rings. The molecule has 0 saturated carbocycles. The Labute approximate surface area is 155 Å². The summed E-state index contributed by atoms with van der Waals surface area (Å²) >= 11 is 3.18. The number of hydrogen-bond acceptors (Lipinski definition) is 7. The van der Waals surface area contributed by atoms with E-state index in [1.807, 2.05) is 34.8 Å². The lowest BCUT2D eigenvalue weighted by molar-refractivity contribution is -0.123. The molecule has 25 heavy (non-hydrogen) atoms. The molecule has 136 valence electrons. The van der Waals surface area contributed by atoms with Crippen molar-refractivity contribution in [2.75, 3.05) is 25.1 Å². The van der Waals surface area contributed by atoms with Crippen LogP contribution < -0.4 is 5.32 Å². The summed E-state index contributed by atoms with van der Waals surface area (Å²) in [6, 6.07) is 3.81. The second-order valence-corrected chi connectivity index (χ2v) is 10.4. The van der Waals surface area contributed by atoms with Crippen LogP contribution in [0.25, 0.3) is 0 Å². The minimum atomic E-state index is -2.95. The topological polar surface area (TPSA) is 79.4 Å². The minimum Gasteiger partial charge on any atom is -0.345 e. The van der Waals surface area contributed by atoms with Crippen molar-refractivity contribution in [3.05, 3.63) is 39.0 Å². The second kappa shape index (κ2) is 7.94. The number of amides is 1. The highest BCUT2D eigenvalue weighted by Gasteiger charge is 2.31. The van der Waals surface area contributed by atoms with Crippen molar-refractivity contribution in [1.82, 2.24) is 15.2 Å². The van der Waals surface area contributed by atoms with Gasteiger partial charge in [-0.15, -0.1) is 22.7 Å². The lowest BCUT2D eigenvalue weighted by atomic mass is 10.2. The van der Waals surface area contributed by atoms with Crippen LogP contribution in [-0.4, -0.2) is 55.3 Å². The number of carbonyl (C=O) groups is 1. The first-order chi connectivity index (χ1) is 11.9. The number of likely N-dealkylation sites (N-methyl/N-ethyl adjacent to an activating group) is 1. The van der Waals surface area contributed by atoms with Crippen LogP contribution in [-0.2, 0) is 21.1 Å². The molecule has 3 heterocycles. The number of rotatable bonds is 7. The number of nitrogens with zero attached hydrogens (tertiary/aromatic N) is 2. The van der Waals surface area contributed by atoms with Gasteiger partial charge in [-0.05, 0) is 24.9 Å². The number of hydrogen-bond donors (Lipinski definition) is 1. The molecule has 0 aliphatic carbocycles. The summed E-state index contributed by atoms with van der Waals surface area (Å²) in [5.74, 6) is 0.245. The molecule has 0 spiro atoms. The molecule has 1 fully saturated rings. The first-order valence-electron chi connectivity index (χ1n) is 8.05. The van der Waals surface area contributed by atoms with E-state index in [0.717, 1.165) is 5.01 Å². The molecule has 6 nitrogen and oxygen atoms in total. The Bertz CT molecular complexity index is 788. The van der Waals surface area contributed by atoms with E-state index < -0.39 is 9.84 Å². The number of aromatic nitrogens is 1. The maximum atomic E-state index is 12.5. The van der Waals surface area contributed by atoms with Gasteiger partial charge in [0, 0.05) is 28.9 Å². The summed E-state index contributed by atoms with van der Waals surface area (Å²) in [5.41, 5.74) is 0. The van der Waals surface area contributed by atoms with E-state index in [-0.39, 0.29) is 36.0 Å². The molecule has 0 bridgehead atoms. The van der Waals surface area contributed by atoms with Crippen molar-refractivity contribution in [3.63, 3.8) is 0 Å². The van der Waals surface area contributed by atoms with Gasteiger partial charge < -0.3 is 5.32 Å². The normalized spacial score (nSPS) is 20.6. The fourth-order valence-corrected chi connectivity index (χ4v) is 6.20. The van der Waals surface area contributed by atoms with Crippen LogP contribution in [0.2, 0.25) is 0 Å². The van der Waals surface area contributed by atoms with Gasteiger partial charge >= 0.3 is 0 Å². The maximum absolute atomic E-state index is 12.5. The molecular formula is C16H21N3O3S3. The highest BCUT2D eigenvalue weighted by molar-refractivity contribution is 7.91. The predicted octanol–water partition coefficient (Wildman–Crippen LogP) is 1.72. The molecular weight excluding hydrogens is 378 g/mol. The van der Waals surface area contributed by atoms with Crippen molar-refractivity contribution in [1.29, 1.82) is 0 Å². The third-order valence-electron chi connectivity index (χ3n) is 4.29. The number of carbonyl (C=O) groups excluding carboxylic acids is 1. The summed E-state index contributed by atoms with van der Waals surface area (Å²) in [5, 5.41) is 7.86. The van der Waals surface area contributed by atoms with E-state index in [1.54, 1.807) is 17.5 Å². The van der Waals surface area contributed by atoms with Crippen LogP contribution in [0.3, 0.4) is 0 Å². The third kappa shape index (κ3) is 5.10. The zero-order valence-electron chi connectivity index (χ0n) is 13.9. The van der Waals surface area contributed by atoms with Gasteiger partial charge in [0.2, 0.25) is 5.91 Å². The first kappa shape index (κ1) is 18.5. The van der Waals surface area contributed by atoms with Gasteiger partial charge in [-0.25, -0.2) is 13.4 Å². The SMILES string of the molecule is CN(CC(=O)NC(Cc1cccs1)c1nccs1)C1CCS(=O)(=O)C1. The van der Waals surface area contributed by atoms with Crippen molar-refractivity contribution in [2.45, 2.75) is 24.9 Å². The second-order valence-electron chi connectivity index (χ2n) is 6.25. The molecule has 1 N–H and O–H groups in total. The Morgan fingerprint density at radius 1 is 1.44 bits per heavy atom. The van der Waals surface area contributed by atoms with E-state index in [4.69, 9.17) is 0 Å². The molecule has 1 amide bonds. The Morgan fingerprint density at radius 2 is 2.28 bits per heavy atom. The maximum Gasteiger partial charge on any atom is 0.234 e. The van der Waals surface area contributed by atoms with Crippen LogP contribution in [0.1, 0.15) is 22.3 Å². The quantitative estimate of drug-likeness (QED) is 0.767. The molecule has 0 aromatic carbocycles. The number of thiophene rings is 1. The molecule has 1 aliphatic heterocycles. The fourth-order valence-electron chi connectivity index (χ4n) is 2.96. The first-order valence-corrected chi connectivity index (χ1v) is 11.6. The molecule has 9 heteroatoms. The average molecular weight is 400 g/mol. The fraction of sp³-hybridized carbons (Fsp3) is 0.500. The largest absolute Gasteiger partial charge is 0.345 e. The van der Waals surface area contributed by atoms with Crippen LogP contribution >= 0.6 is 22.7 Å². The Kier molecular flexibility index (Phi) is 5.88. The Hall–Kier alpha value is -1.29. The smallest absolute Gasteiger partial charge is 0.234 e. The van der Waals surface area contributed by atoms with Crippen molar-refractivity contribution in [3.8, 4) is 0 Å². The molecule has 2 atom stereocenters. The van der Waals surface area contributed by atoms with Crippen LogP contribution in [0, 0.1) is 0 Å². The highest BCUT2D eigenvalue weighted by Crippen LogP contribution is 2.23. The van der Waals surface area contributed by atoms with E-state index in [0.29, 0.717) is 12.8 Å². The average Bonchev–Trinajstić information content (AvgIpc) is 3.27. The summed E-state index contributed by atoms with van der Waals surface area (Å²) in [6.07, 6.45) is 3.04. The molecule has 2 unspecified atom stereocenters. The molecule has 3 rings (SSSR count). The monoisotopic (exact) mass is 399 g/mol. The predicted molar refractivity (Wildman–Crippen MR) is 101 cm³/mol. The summed E-state index contributed by atoms with van der Waals surface area (Å²) < 4.78 is 23.2. The van der Waals surface area contributed by atoms with E-state index >= 15 is 0 Å². The van der Waals surface area contributed by atoms with Gasteiger partial charge in [-0.2, -0.15) is 0 Å². The van der Waals surface area contributed by atoms with Gasteiger partial charge in [-0.1, -0.05) is 6.07 Å². The number of sulfone groups is 1. The van der Waals surface area contributed by atoms with E-state index in [9.17, 15) is 13.2 Å². The molecule has 2 aromatic rings. The van der Waals surface area contributed by atoms with Crippen LogP contribution in [0.15, 0.2) is 29.1 Å². The van der Waals surface area contributed by atoms with Crippen molar-refractivity contribution in [2.24, 2.45) is 0 Å². The van der Waals surface area contributed by atoms with Crippen molar-refractivity contribution < 1.29 is 13.2 Å². The minimum absolute atomic E-state index is 0.0774. The van der Waals surface area contributed by atoms with E-state index in [2.05, 4.69) is 10.3 Å².